The minimum atomic E-state index is 0.0747. The summed E-state index contributed by atoms with van der Waals surface area (Å²) in [6, 6.07) is 5.36. The molecule has 0 unspecified atom stereocenters. The highest BCUT2D eigenvalue weighted by Gasteiger charge is 2.08. The molecule has 0 saturated heterocycles. The fraction of sp³-hybridized carbons (Fsp3) is 0.583. The number of aryl methyl sites for hydroxylation is 1. The lowest BCUT2D eigenvalue weighted by Gasteiger charge is -2.21. The molecule has 1 N–H and O–H groups in total. The normalized spacial score (nSPS) is 11.7. The van der Waals surface area contributed by atoms with Crippen LogP contribution in [-0.2, 0) is 6.54 Å². The zero-order chi connectivity index (χ0) is 11.5. The standard InChI is InChI=1S/C12H20N2O/c1-10-6-5-7-11(15)14(10)9-8-13-12(2,3)4/h5-7,13H,8-9H2,1-4H3. The largest absolute Gasteiger partial charge is 0.312 e. The molecule has 84 valence electrons. The van der Waals surface area contributed by atoms with Gasteiger partial charge in [-0.25, -0.2) is 0 Å². The third-order valence-corrected chi connectivity index (χ3v) is 2.26. The second-order valence-electron chi connectivity index (χ2n) is 4.83. The Hall–Kier alpha value is -1.09. The third kappa shape index (κ3) is 3.88. The van der Waals surface area contributed by atoms with Gasteiger partial charge in [0.25, 0.3) is 5.56 Å². The van der Waals surface area contributed by atoms with Crippen molar-refractivity contribution >= 4 is 0 Å². The van der Waals surface area contributed by atoms with E-state index in [-0.39, 0.29) is 11.1 Å². The smallest absolute Gasteiger partial charge is 0.250 e. The average molecular weight is 208 g/mol. The Labute approximate surface area is 91.1 Å². The first-order valence-corrected chi connectivity index (χ1v) is 5.32. The van der Waals surface area contributed by atoms with Crippen molar-refractivity contribution in [1.29, 1.82) is 0 Å². The zero-order valence-electron chi connectivity index (χ0n) is 10.0. The first kappa shape index (κ1) is 12.0. The van der Waals surface area contributed by atoms with Gasteiger partial charge in [0.05, 0.1) is 0 Å². The molecule has 0 radical (unpaired) electrons. The molecule has 1 aromatic heterocycles. The van der Waals surface area contributed by atoms with Gasteiger partial charge < -0.3 is 9.88 Å². The van der Waals surface area contributed by atoms with Crippen molar-refractivity contribution in [3.8, 4) is 0 Å². The Morgan fingerprint density at radius 3 is 2.53 bits per heavy atom. The van der Waals surface area contributed by atoms with E-state index in [2.05, 4.69) is 26.1 Å². The maximum Gasteiger partial charge on any atom is 0.250 e. The Kier molecular flexibility index (Phi) is 3.69. The second-order valence-corrected chi connectivity index (χ2v) is 4.83. The highest BCUT2D eigenvalue weighted by Crippen LogP contribution is 1.98. The summed E-state index contributed by atoms with van der Waals surface area (Å²) in [6.07, 6.45) is 0. The summed E-state index contributed by atoms with van der Waals surface area (Å²) in [6.45, 7) is 9.85. The average Bonchev–Trinajstić information content (AvgIpc) is 2.08. The van der Waals surface area contributed by atoms with Crippen LogP contribution in [0.1, 0.15) is 26.5 Å². The molecule has 1 heterocycles. The molecule has 3 heteroatoms. The van der Waals surface area contributed by atoms with E-state index in [9.17, 15) is 4.79 Å². The Morgan fingerprint density at radius 1 is 1.33 bits per heavy atom. The quantitative estimate of drug-likeness (QED) is 0.817. The molecule has 0 bridgehead atoms. The Morgan fingerprint density at radius 2 is 2.00 bits per heavy atom. The van der Waals surface area contributed by atoms with E-state index in [0.29, 0.717) is 0 Å². The minimum Gasteiger partial charge on any atom is -0.312 e. The van der Waals surface area contributed by atoms with Crippen LogP contribution in [0.4, 0.5) is 0 Å². The molecule has 0 aliphatic rings. The van der Waals surface area contributed by atoms with Gasteiger partial charge in [-0.3, -0.25) is 4.79 Å². The van der Waals surface area contributed by atoms with Crippen molar-refractivity contribution in [2.75, 3.05) is 6.54 Å². The van der Waals surface area contributed by atoms with Gasteiger partial charge in [-0.15, -0.1) is 0 Å². The molecule has 3 nitrogen and oxygen atoms in total. The van der Waals surface area contributed by atoms with E-state index in [1.54, 1.807) is 16.7 Å². The fourth-order valence-corrected chi connectivity index (χ4v) is 1.45. The van der Waals surface area contributed by atoms with Crippen molar-refractivity contribution in [2.24, 2.45) is 0 Å². The molecule has 0 saturated carbocycles. The van der Waals surface area contributed by atoms with Gasteiger partial charge in [-0.1, -0.05) is 6.07 Å². The number of nitrogens with one attached hydrogen (secondary N) is 1. The predicted octanol–water partition coefficient (Wildman–Crippen LogP) is 1.54. The van der Waals surface area contributed by atoms with Crippen molar-refractivity contribution in [3.05, 3.63) is 34.2 Å². The van der Waals surface area contributed by atoms with Crippen molar-refractivity contribution in [3.63, 3.8) is 0 Å². The lowest BCUT2D eigenvalue weighted by Crippen LogP contribution is -2.39. The second kappa shape index (κ2) is 4.62. The number of pyridine rings is 1. The molecule has 0 fully saturated rings. The van der Waals surface area contributed by atoms with Gasteiger partial charge in [0.15, 0.2) is 0 Å². The molecule has 15 heavy (non-hydrogen) atoms. The van der Waals surface area contributed by atoms with E-state index in [1.165, 1.54) is 0 Å². The fourth-order valence-electron chi connectivity index (χ4n) is 1.45. The van der Waals surface area contributed by atoms with Crippen LogP contribution in [0.5, 0.6) is 0 Å². The number of hydrogen-bond donors (Lipinski definition) is 1. The summed E-state index contributed by atoms with van der Waals surface area (Å²) >= 11 is 0. The van der Waals surface area contributed by atoms with E-state index in [4.69, 9.17) is 0 Å². The third-order valence-electron chi connectivity index (χ3n) is 2.26. The van der Waals surface area contributed by atoms with E-state index < -0.39 is 0 Å². The lowest BCUT2D eigenvalue weighted by molar-refractivity contribution is 0.409. The molecule has 0 aliphatic carbocycles. The molecule has 0 atom stereocenters. The highest BCUT2D eigenvalue weighted by atomic mass is 16.1. The Bertz CT molecular complexity index is 374. The molecule has 1 rings (SSSR count). The van der Waals surface area contributed by atoms with E-state index in [1.807, 2.05) is 13.0 Å². The molecule has 1 aromatic rings. The number of rotatable bonds is 3. The van der Waals surface area contributed by atoms with Crippen LogP contribution < -0.4 is 10.9 Å². The first-order valence-electron chi connectivity index (χ1n) is 5.32. The zero-order valence-corrected chi connectivity index (χ0v) is 10.0. The summed E-state index contributed by atoms with van der Waals surface area (Å²) in [4.78, 5) is 11.5. The van der Waals surface area contributed by atoms with Gasteiger partial charge in [-0.2, -0.15) is 0 Å². The monoisotopic (exact) mass is 208 g/mol. The van der Waals surface area contributed by atoms with E-state index in [0.717, 1.165) is 18.8 Å². The van der Waals surface area contributed by atoms with Crippen LogP contribution in [0.3, 0.4) is 0 Å². The topological polar surface area (TPSA) is 34.0 Å². The molecule has 0 spiro atoms. The van der Waals surface area contributed by atoms with Crippen LogP contribution in [0, 0.1) is 6.92 Å². The molecule has 0 aromatic carbocycles. The van der Waals surface area contributed by atoms with Crippen molar-refractivity contribution < 1.29 is 0 Å². The van der Waals surface area contributed by atoms with Crippen LogP contribution in [0.2, 0.25) is 0 Å². The minimum absolute atomic E-state index is 0.0747. The number of nitrogens with zero attached hydrogens (tertiary/aromatic N) is 1. The van der Waals surface area contributed by atoms with Crippen LogP contribution in [0.25, 0.3) is 0 Å². The van der Waals surface area contributed by atoms with Crippen molar-refractivity contribution in [2.45, 2.75) is 39.8 Å². The number of hydrogen-bond acceptors (Lipinski definition) is 2. The first-order chi connectivity index (χ1) is 6.90. The summed E-state index contributed by atoms with van der Waals surface area (Å²) < 4.78 is 1.79. The molecule has 0 amide bonds. The molecule has 0 aliphatic heterocycles. The molecular weight excluding hydrogens is 188 g/mol. The van der Waals surface area contributed by atoms with Gasteiger partial charge in [0, 0.05) is 30.4 Å². The van der Waals surface area contributed by atoms with Gasteiger partial charge in [0.2, 0.25) is 0 Å². The summed E-state index contributed by atoms with van der Waals surface area (Å²) in [5.74, 6) is 0. The summed E-state index contributed by atoms with van der Waals surface area (Å²) in [5, 5.41) is 3.37. The summed E-state index contributed by atoms with van der Waals surface area (Å²) in [5.41, 5.74) is 1.19. The van der Waals surface area contributed by atoms with Gasteiger partial charge >= 0.3 is 0 Å². The van der Waals surface area contributed by atoms with E-state index >= 15 is 0 Å². The summed E-state index contributed by atoms with van der Waals surface area (Å²) in [7, 11) is 0. The maximum absolute atomic E-state index is 11.5. The lowest BCUT2D eigenvalue weighted by atomic mass is 10.1. The van der Waals surface area contributed by atoms with Crippen LogP contribution >= 0.6 is 0 Å². The number of aromatic nitrogens is 1. The SMILES string of the molecule is Cc1cccc(=O)n1CCNC(C)(C)C. The highest BCUT2D eigenvalue weighted by molar-refractivity contribution is 5.04. The van der Waals surface area contributed by atoms with Crippen molar-refractivity contribution in [1.82, 2.24) is 9.88 Å². The van der Waals surface area contributed by atoms with Crippen LogP contribution in [-0.4, -0.2) is 16.7 Å². The van der Waals surface area contributed by atoms with Crippen LogP contribution in [0.15, 0.2) is 23.0 Å². The maximum atomic E-state index is 11.5. The Balaban J connectivity index is 2.62. The molecular formula is C12H20N2O. The van der Waals surface area contributed by atoms with Gasteiger partial charge in [-0.05, 0) is 33.8 Å². The predicted molar refractivity (Wildman–Crippen MR) is 63.2 cm³/mol. The van der Waals surface area contributed by atoms with Gasteiger partial charge in [0.1, 0.15) is 0 Å².